The van der Waals surface area contributed by atoms with Crippen LogP contribution in [0.1, 0.15) is 35.1 Å². The maximum atomic E-state index is 12.9. The Kier molecular flexibility index (Phi) is 5.96. The minimum atomic E-state index is -0.0317. The van der Waals surface area contributed by atoms with Gasteiger partial charge in [0.05, 0.1) is 22.9 Å². The van der Waals surface area contributed by atoms with Crippen LogP contribution in [-0.4, -0.2) is 45.4 Å². The van der Waals surface area contributed by atoms with Crippen LogP contribution in [0, 0.1) is 6.92 Å². The number of carbonyl (C=O) groups is 1. The van der Waals surface area contributed by atoms with Gasteiger partial charge in [-0.15, -0.1) is 11.3 Å². The van der Waals surface area contributed by atoms with Crippen molar-refractivity contribution in [2.45, 2.75) is 26.7 Å². The van der Waals surface area contributed by atoms with Crippen molar-refractivity contribution in [2.75, 3.05) is 19.7 Å². The number of aliphatic hydroxyl groups excluding tert-OH is 1. The van der Waals surface area contributed by atoms with E-state index in [2.05, 4.69) is 12.0 Å². The monoisotopic (exact) mass is 391 g/mol. The Hall–Kier alpha value is -1.89. The lowest BCUT2D eigenvalue weighted by Crippen LogP contribution is -2.33. The number of amides is 1. The third kappa shape index (κ3) is 3.77. The van der Waals surface area contributed by atoms with Gasteiger partial charge in [-0.1, -0.05) is 24.9 Å². The number of hydrogen-bond acceptors (Lipinski definition) is 4. The Morgan fingerprint density at radius 2 is 2.04 bits per heavy atom. The average molecular weight is 392 g/mol. The van der Waals surface area contributed by atoms with Crippen LogP contribution in [0.3, 0.4) is 0 Å². The summed E-state index contributed by atoms with van der Waals surface area (Å²) >= 11 is 7.41. The molecule has 138 valence electrons. The minimum Gasteiger partial charge on any atom is -0.395 e. The fraction of sp³-hybridized carbons (Fsp3) is 0.368. The van der Waals surface area contributed by atoms with Crippen LogP contribution in [0.15, 0.2) is 30.3 Å². The first-order chi connectivity index (χ1) is 12.5. The second-order valence-corrected chi connectivity index (χ2v) is 7.64. The zero-order valence-electron chi connectivity index (χ0n) is 14.9. The maximum Gasteiger partial charge on any atom is 0.264 e. The van der Waals surface area contributed by atoms with Crippen molar-refractivity contribution >= 4 is 39.1 Å². The van der Waals surface area contributed by atoms with Gasteiger partial charge in [0.1, 0.15) is 4.83 Å². The van der Waals surface area contributed by atoms with Crippen molar-refractivity contribution in [2.24, 2.45) is 0 Å². The number of benzene rings is 1. The van der Waals surface area contributed by atoms with Crippen LogP contribution >= 0.6 is 22.9 Å². The highest BCUT2D eigenvalue weighted by Crippen LogP contribution is 2.31. The fourth-order valence-corrected chi connectivity index (χ4v) is 4.13. The first-order valence-corrected chi connectivity index (χ1v) is 9.89. The number of aromatic nitrogens is 2. The van der Waals surface area contributed by atoms with Gasteiger partial charge in [-0.25, -0.2) is 4.68 Å². The minimum absolute atomic E-state index is 0.0298. The van der Waals surface area contributed by atoms with Crippen LogP contribution < -0.4 is 0 Å². The third-order valence-corrected chi connectivity index (χ3v) is 5.62. The number of carbonyl (C=O) groups excluding carboxylic acids is 1. The van der Waals surface area contributed by atoms with E-state index in [1.165, 1.54) is 11.3 Å². The molecule has 2 aromatic heterocycles. The second kappa shape index (κ2) is 8.20. The van der Waals surface area contributed by atoms with E-state index in [0.717, 1.165) is 34.4 Å². The van der Waals surface area contributed by atoms with Gasteiger partial charge >= 0.3 is 0 Å². The van der Waals surface area contributed by atoms with E-state index in [1.54, 1.807) is 4.90 Å². The van der Waals surface area contributed by atoms with Crippen molar-refractivity contribution < 1.29 is 9.90 Å². The fourth-order valence-electron chi connectivity index (χ4n) is 2.85. The molecule has 3 rings (SSSR count). The van der Waals surface area contributed by atoms with E-state index >= 15 is 0 Å². The zero-order chi connectivity index (χ0) is 18.7. The lowest BCUT2D eigenvalue weighted by molar-refractivity contribution is 0.0724. The van der Waals surface area contributed by atoms with Crippen LogP contribution in [0.5, 0.6) is 0 Å². The summed E-state index contributed by atoms with van der Waals surface area (Å²) in [5, 5.41) is 15.5. The molecule has 7 heteroatoms. The molecule has 3 aromatic rings. The van der Waals surface area contributed by atoms with Crippen molar-refractivity contribution in [1.29, 1.82) is 0 Å². The largest absolute Gasteiger partial charge is 0.395 e. The van der Waals surface area contributed by atoms with Crippen LogP contribution in [0.25, 0.3) is 15.9 Å². The van der Waals surface area contributed by atoms with Crippen molar-refractivity contribution in [3.05, 3.63) is 45.9 Å². The Morgan fingerprint density at radius 3 is 2.69 bits per heavy atom. The molecule has 0 aliphatic heterocycles. The number of thiophene rings is 1. The molecule has 0 aliphatic rings. The van der Waals surface area contributed by atoms with Gasteiger partial charge in [0.25, 0.3) is 5.91 Å². The molecule has 0 bridgehead atoms. The molecular weight excluding hydrogens is 370 g/mol. The third-order valence-electron chi connectivity index (χ3n) is 4.27. The van der Waals surface area contributed by atoms with Crippen molar-refractivity contribution in [1.82, 2.24) is 14.7 Å². The first-order valence-electron chi connectivity index (χ1n) is 8.70. The first kappa shape index (κ1) is 18.9. The van der Waals surface area contributed by atoms with E-state index in [9.17, 15) is 9.90 Å². The van der Waals surface area contributed by atoms with Crippen molar-refractivity contribution in [3.63, 3.8) is 0 Å². The summed E-state index contributed by atoms with van der Waals surface area (Å²) in [5.74, 6) is -0.0317. The number of rotatable bonds is 7. The molecule has 0 saturated heterocycles. The number of hydrogen-bond donors (Lipinski definition) is 1. The molecule has 26 heavy (non-hydrogen) atoms. The van der Waals surface area contributed by atoms with Crippen LogP contribution in [0.4, 0.5) is 0 Å². The Labute approximate surface area is 161 Å². The van der Waals surface area contributed by atoms with E-state index in [-0.39, 0.29) is 12.5 Å². The zero-order valence-corrected chi connectivity index (χ0v) is 16.5. The number of unbranched alkanes of at least 4 members (excludes halogenated alkanes) is 1. The molecule has 5 nitrogen and oxygen atoms in total. The molecule has 0 atom stereocenters. The lowest BCUT2D eigenvalue weighted by Gasteiger charge is -2.20. The number of nitrogens with zero attached hydrogens (tertiary/aromatic N) is 3. The van der Waals surface area contributed by atoms with Crippen LogP contribution in [-0.2, 0) is 0 Å². The molecule has 2 heterocycles. The summed E-state index contributed by atoms with van der Waals surface area (Å²) in [6.45, 7) is 5.02. The molecule has 0 aliphatic carbocycles. The highest BCUT2D eigenvalue weighted by molar-refractivity contribution is 7.20. The smallest absolute Gasteiger partial charge is 0.264 e. The Morgan fingerprint density at radius 1 is 1.31 bits per heavy atom. The normalized spacial score (nSPS) is 11.2. The summed E-state index contributed by atoms with van der Waals surface area (Å²) in [4.78, 5) is 16.2. The lowest BCUT2D eigenvalue weighted by atomic mass is 10.2. The van der Waals surface area contributed by atoms with E-state index in [1.807, 2.05) is 41.9 Å². The van der Waals surface area contributed by atoms with Gasteiger partial charge in [0.2, 0.25) is 0 Å². The van der Waals surface area contributed by atoms with Gasteiger partial charge in [-0.2, -0.15) is 5.10 Å². The topological polar surface area (TPSA) is 58.4 Å². The molecule has 1 amide bonds. The molecule has 1 N–H and O–H groups in total. The summed E-state index contributed by atoms with van der Waals surface area (Å²) in [5.41, 5.74) is 1.79. The standard InChI is InChI=1S/C19H22ClN3O2S/c1-3-4-9-22(10-11-24)18(25)17-12-16-13(2)21-23(19(16)26-17)15-7-5-14(20)6-8-15/h5-8,12,24H,3-4,9-11H2,1-2H3. The van der Waals surface area contributed by atoms with Crippen molar-refractivity contribution in [3.8, 4) is 5.69 Å². The quantitative estimate of drug-likeness (QED) is 0.653. The van der Waals surface area contributed by atoms with E-state index in [4.69, 9.17) is 11.6 Å². The Bertz CT molecular complexity index is 902. The SMILES string of the molecule is CCCCN(CCO)C(=O)c1cc2c(C)nn(-c3ccc(Cl)cc3)c2s1. The van der Waals surface area contributed by atoms with Gasteiger partial charge in [-0.3, -0.25) is 4.79 Å². The second-order valence-electron chi connectivity index (χ2n) is 6.17. The Balaban J connectivity index is 1.97. The van der Waals surface area contributed by atoms with E-state index in [0.29, 0.717) is 23.0 Å². The molecule has 1 aromatic carbocycles. The highest BCUT2D eigenvalue weighted by atomic mass is 35.5. The molecule has 0 radical (unpaired) electrons. The van der Waals surface area contributed by atoms with Crippen LogP contribution in [0.2, 0.25) is 5.02 Å². The maximum absolute atomic E-state index is 12.9. The number of halogens is 1. The van der Waals surface area contributed by atoms with E-state index < -0.39 is 0 Å². The molecule has 0 saturated carbocycles. The van der Waals surface area contributed by atoms with Gasteiger partial charge in [-0.05, 0) is 43.7 Å². The number of aryl methyl sites for hydroxylation is 1. The van der Waals surface area contributed by atoms with Gasteiger partial charge < -0.3 is 10.0 Å². The molecular formula is C19H22ClN3O2S. The van der Waals surface area contributed by atoms with Gasteiger partial charge in [0, 0.05) is 23.5 Å². The average Bonchev–Trinajstić information content (AvgIpc) is 3.20. The molecule has 0 unspecified atom stereocenters. The molecule has 0 fully saturated rings. The predicted molar refractivity (Wildman–Crippen MR) is 107 cm³/mol. The number of fused-ring (bicyclic) bond motifs is 1. The summed E-state index contributed by atoms with van der Waals surface area (Å²) in [7, 11) is 0. The highest BCUT2D eigenvalue weighted by Gasteiger charge is 2.21. The summed E-state index contributed by atoms with van der Waals surface area (Å²) < 4.78 is 1.85. The summed E-state index contributed by atoms with van der Waals surface area (Å²) in [6, 6.07) is 9.39. The predicted octanol–water partition coefficient (Wildman–Crippen LogP) is 4.28. The number of aliphatic hydroxyl groups is 1. The summed E-state index contributed by atoms with van der Waals surface area (Å²) in [6.07, 6.45) is 1.93. The molecule has 0 spiro atoms. The van der Waals surface area contributed by atoms with Gasteiger partial charge in [0.15, 0.2) is 0 Å².